The molecule has 1 saturated heterocycles. The van der Waals surface area contributed by atoms with E-state index in [2.05, 4.69) is 37.9 Å². The Hall–Kier alpha value is -0.0800. The van der Waals surface area contributed by atoms with Crippen molar-refractivity contribution in [3.05, 3.63) is 0 Å². The second-order valence-corrected chi connectivity index (χ2v) is 6.94. The maximum absolute atomic E-state index is 3.82. The van der Waals surface area contributed by atoms with Gasteiger partial charge in [0.1, 0.15) is 0 Å². The maximum Gasteiger partial charge on any atom is 0.0224 e. The highest BCUT2D eigenvalue weighted by Gasteiger charge is 2.33. The molecule has 1 heterocycles. The molecule has 0 aromatic heterocycles. The lowest BCUT2D eigenvalue weighted by Crippen LogP contribution is -2.60. The van der Waals surface area contributed by atoms with Crippen LogP contribution in [0.1, 0.15) is 59.8 Å². The topological polar surface area (TPSA) is 15.3 Å². The fourth-order valence-corrected chi connectivity index (χ4v) is 3.71. The summed E-state index contributed by atoms with van der Waals surface area (Å²) in [6.07, 6.45) is 7.29. The van der Waals surface area contributed by atoms with E-state index in [1.165, 1.54) is 45.2 Å². The number of nitrogens with zero attached hydrogens (tertiary/aromatic N) is 1. The van der Waals surface area contributed by atoms with Crippen molar-refractivity contribution in [1.29, 1.82) is 0 Å². The van der Waals surface area contributed by atoms with Gasteiger partial charge in [-0.25, -0.2) is 0 Å². The molecule has 2 heteroatoms. The minimum atomic E-state index is 0.697. The van der Waals surface area contributed by atoms with Crippen molar-refractivity contribution >= 4 is 0 Å². The van der Waals surface area contributed by atoms with Gasteiger partial charge >= 0.3 is 0 Å². The average Bonchev–Trinajstić information content (AvgIpc) is 2.39. The van der Waals surface area contributed by atoms with Gasteiger partial charge in [-0.15, -0.1) is 0 Å². The van der Waals surface area contributed by atoms with Crippen LogP contribution in [0.4, 0.5) is 0 Å². The summed E-state index contributed by atoms with van der Waals surface area (Å²) in [5.41, 5.74) is 0. The van der Waals surface area contributed by atoms with Crippen LogP contribution in [0.3, 0.4) is 0 Å². The van der Waals surface area contributed by atoms with Crippen molar-refractivity contribution in [1.82, 2.24) is 10.2 Å². The van der Waals surface area contributed by atoms with Crippen molar-refractivity contribution in [2.75, 3.05) is 13.1 Å². The number of hydrogen-bond donors (Lipinski definition) is 1. The zero-order valence-electron chi connectivity index (χ0n) is 12.8. The molecule has 1 N–H and O–H groups in total. The molecule has 0 amide bonds. The third kappa shape index (κ3) is 3.27. The monoisotopic (exact) mass is 252 g/mol. The van der Waals surface area contributed by atoms with Gasteiger partial charge in [-0.2, -0.15) is 0 Å². The zero-order chi connectivity index (χ0) is 13.1. The largest absolute Gasteiger partial charge is 0.311 e. The number of rotatable bonds is 3. The first-order chi connectivity index (χ1) is 8.59. The van der Waals surface area contributed by atoms with Crippen LogP contribution < -0.4 is 5.32 Å². The highest BCUT2D eigenvalue weighted by atomic mass is 15.3. The molecular weight excluding hydrogens is 220 g/mol. The summed E-state index contributed by atoms with van der Waals surface area (Å²) in [6, 6.07) is 2.16. The first kappa shape index (κ1) is 14.3. The predicted molar refractivity (Wildman–Crippen MR) is 78.8 cm³/mol. The van der Waals surface area contributed by atoms with Gasteiger partial charge < -0.3 is 5.32 Å². The van der Waals surface area contributed by atoms with Gasteiger partial charge in [0.15, 0.2) is 0 Å². The third-order valence-corrected chi connectivity index (χ3v) is 5.36. The molecule has 2 fully saturated rings. The SMILES string of the molecule is CC(C)C(C)N1CC(C2CCCCC2)NCC1C. The molecule has 2 nitrogen and oxygen atoms in total. The number of hydrogen-bond acceptors (Lipinski definition) is 2. The first-order valence-corrected chi connectivity index (χ1v) is 8.08. The molecule has 3 unspecified atom stereocenters. The fourth-order valence-electron chi connectivity index (χ4n) is 3.71. The summed E-state index contributed by atoms with van der Waals surface area (Å²) in [7, 11) is 0. The minimum Gasteiger partial charge on any atom is -0.311 e. The van der Waals surface area contributed by atoms with E-state index >= 15 is 0 Å². The van der Waals surface area contributed by atoms with Crippen LogP contribution >= 0.6 is 0 Å². The Kier molecular flexibility index (Phi) is 5.08. The highest BCUT2D eigenvalue weighted by molar-refractivity contribution is 4.91. The third-order valence-electron chi connectivity index (χ3n) is 5.36. The maximum atomic E-state index is 3.82. The van der Waals surface area contributed by atoms with Crippen LogP contribution in [0, 0.1) is 11.8 Å². The molecule has 106 valence electrons. The predicted octanol–water partition coefficient (Wildman–Crippen LogP) is 3.27. The van der Waals surface area contributed by atoms with E-state index in [0.717, 1.165) is 17.9 Å². The molecule has 1 saturated carbocycles. The molecule has 0 aromatic rings. The Labute approximate surface area is 114 Å². The Morgan fingerprint density at radius 1 is 1.06 bits per heavy atom. The summed E-state index contributed by atoms with van der Waals surface area (Å²) in [5.74, 6) is 1.70. The molecule has 18 heavy (non-hydrogen) atoms. The highest BCUT2D eigenvalue weighted by Crippen LogP contribution is 2.29. The summed E-state index contributed by atoms with van der Waals surface area (Å²) >= 11 is 0. The van der Waals surface area contributed by atoms with E-state index in [1.54, 1.807) is 0 Å². The number of piperazine rings is 1. The molecule has 1 aliphatic carbocycles. The van der Waals surface area contributed by atoms with E-state index in [4.69, 9.17) is 0 Å². The molecule has 0 bridgehead atoms. The van der Waals surface area contributed by atoms with E-state index in [1.807, 2.05) is 0 Å². The summed E-state index contributed by atoms with van der Waals surface area (Å²) in [5, 5.41) is 3.82. The summed E-state index contributed by atoms with van der Waals surface area (Å²) in [4.78, 5) is 2.75. The van der Waals surface area contributed by atoms with Crippen molar-refractivity contribution in [3.63, 3.8) is 0 Å². The molecule has 0 spiro atoms. The first-order valence-electron chi connectivity index (χ1n) is 8.08. The van der Waals surface area contributed by atoms with E-state index in [9.17, 15) is 0 Å². The Balaban J connectivity index is 1.94. The fraction of sp³-hybridized carbons (Fsp3) is 1.00. The molecule has 0 aromatic carbocycles. The van der Waals surface area contributed by atoms with E-state index in [0.29, 0.717) is 12.1 Å². The van der Waals surface area contributed by atoms with Gasteiger partial charge in [0.2, 0.25) is 0 Å². The summed E-state index contributed by atoms with van der Waals surface area (Å²) < 4.78 is 0. The van der Waals surface area contributed by atoms with Crippen LogP contribution in [-0.4, -0.2) is 36.1 Å². The standard InChI is InChI=1S/C16H32N2/c1-12(2)14(4)18-11-16(17-10-13(18)3)15-8-6-5-7-9-15/h12-17H,5-11H2,1-4H3. The zero-order valence-corrected chi connectivity index (χ0v) is 12.8. The van der Waals surface area contributed by atoms with Crippen LogP contribution in [-0.2, 0) is 0 Å². The second kappa shape index (κ2) is 6.38. The smallest absolute Gasteiger partial charge is 0.0224 e. The lowest BCUT2D eigenvalue weighted by Gasteiger charge is -2.46. The van der Waals surface area contributed by atoms with Crippen molar-refractivity contribution in [2.24, 2.45) is 11.8 Å². The average molecular weight is 252 g/mol. The van der Waals surface area contributed by atoms with Gasteiger partial charge in [-0.05, 0) is 38.5 Å². The quantitative estimate of drug-likeness (QED) is 0.829. The lowest BCUT2D eigenvalue weighted by atomic mass is 9.82. The Bertz CT molecular complexity index is 245. The van der Waals surface area contributed by atoms with Crippen molar-refractivity contribution < 1.29 is 0 Å². The van der Waals surface area contributed by atoms with Crippen LogP contribution in [0.15, 0.2) is 0 Å². The van der Waals surface area contributed by atoms with Crippen LogP contribution in [0.2, 0.25) is 0 Å². The van der Waals surface area contributed by atoms with E-state index in [-0.39, 0.29) is 0 Å². The van der Waals surface area contributed by atoms with Gasteiger partial charge in [0, 0.05) is 31.2 Å². The van der Waals surface area contributed by atoms with Gasteiger partial charge in [0.05, 0.1) is 0 Å². The van der Waals surface area contributed by atoms with Crippen molar-refractivity contribution in [2.45, 2.75) is 77.9 Å². The van der Waals surface area contributed by atoms with Crippen LogP contribution in [0.5, 0.6) is 0 Å². The molecule has 2 aliphatic rings. The molecule has 0 radical (unpaired) electrons. The lowest BCUT2D eigenvalue weighted by molar-refractivity contribution is 0.0545. The van der Waals surface area contributed by atoms with Crippen LogP contribution in [0.25, 0.3) is 0 Å². The summed E-state index contributed by atoms with van der Waals surface area (Å²) in [6.45, 7) is 11.9. The Morgan fingerprint density at radius 3 is 2.33 bits per heavy atom. The van der Waals surface area contributed by atoms with E-state index < -0.39 is 0 Å². The normalized spacial score (nSPS) is 33.8. The van der Waals surface area contributed by atoms with Gasteiger partial charge in [-0.1, -0.05) is 33.1 Å². The Morgan fingerprint density at radius 2 is 1.72 bits per heavy atom. The minimum absolute atomic E-state index is 0.697. The molecule has 1 aliphatic heterocycles. The second-order valence-electron chi connectivity index (χ2n) is 6.94. The number of nitrogens with one attached hydrogen (secondary N) is 1. The molecule has 2 rings (SSSR count). The van der Waals surface area contributed by atoms with Gasteiger partial charge in [0.25, 0.3) is 0 Å². The van der Waals surface area contributed by atoms with Gasteiger partial charge in [-0.3, -0.25) is 4.90 Å². The van der Waals surface area contributed by atoms with Crippen molar-refractivity contribution in [3.8, 4) is 0 Å². The molecule has 3 atom stereocenters. The molecular formula is C16H32N2.